The molecule has 1 aliphatic carbocycles. The number of anilines is 1. The van der Waals surface area contributed by atoms with Crippen LogP contribution in [-0.4, -0.2) is 88.3 Å². The van der Waals surface area contributed by atoms with Gasteiger partial charge in [-0.2, -0.15) is 0 Å². The fraction of sp³-hybridized carbons (Fsp3) is 0.643. The molecule has 0 bridgehead atoms. The van der Waals surface area contributed by atoms with Crippen molar-refractivity contribution in [1.82, 2.24) is 29.7 Å². The van der Waals surface area contributed by atoms with Crippen LogP contribution in [0.4, 0.5) is 5.82 Å². The van der Waals surface area contributed by atoms with Crippen molar-refractivity contribution in [2.45, 2.75) is 70.5 Å². The largest absolute Gasteiger partial charge is 0.378 e. The summed E-state index contributed by atoms with van der Waals surface area (Å²) in [5.74, 6) is 2.47. The number of likely N-dealkylation sites (tertiary alicyclic amines) is 1. The molecule has 2 saturated heterocycles. The third kappa shape index (κ3) is 5.65. The van der Waals surface area contributed by atoms with Crippen LogP contribution >= 0.6 is 11.3 Å². The fourth-order valence-electron chi connectivity index (χ4n) is 6.18. The van der Waals surface area contributed by atoms with Gasteiger partial charge >= 0.3 is 0 Å². The van der Waals surface area contributed by atoms with E-state index in [1.165, 1.54) is 67.6 Å². The lowest BCUT2D eigenvalue weighted by Gasteiger charge is -2.41. The number of piperidine rings is 1. The third-order valence-electron chi connectivity index (χ3n) is 8.37. The summed E-state index contributed by atoms with van der Waals surface area (Å²) < 4.78 is 6.80. The molecular weight excluding hydrogens is 482 g/mol. The minimum absolute atomic E-state index is 0.648. The summed E-state index contributed by atoms with van der Waals surface area (Å²) in [5.41, 5.74) is 1.88. The van der Waals surface area contributed by atoms with Crippen molar-refractivity contribution in [2.75, 3.05) is 51.3 Å². The van der Waals surface area contributed by atoms with E-state index in [9.17, 15) is 0 Å². The maximum atomic E-state index is 5.62. The molecule has 0 aromatic carbocycles. The van der Waals surface area contributed by atoms with Crippen molar-refractivity contribution >= 4 is 27.4 Å². The Kier molecular flexibility index (Phi) is 7.65. The van der Waals surface area contributed by atoms with E-state index < -0.39 is 0 Å². The van der Waals surface area contributed by atoms with Crippen LogP contribution in [0.1, 0.15) is 55.6 Å². The zero-order valence-corrected chi connectivity index (χ0v) is 23.0. The first-order valence-electron chi connectivity index (χ1n) is 14.0. The second-order valence-corrected chi connectivity index (χ2v) is 12.0. The first-order valence-corrected chi connectivity index (χ1v) is 14.8. The lowest BCUT2D eigenvalue weighted by atomic mass is 9.92. The third-order valence-corrected chi connectivity index (χ3v) is 9.48. The topological polar surface area (TPSA) is 70.5 Å². The van der Waals surface area contributed by atoms with E-state index in [1.807, 2.05) is 30.7 Å². The van der Waals surface area contributed by atoms with E-state index in [-0.39, 0.29) is 0 Å². The Morgan fingerprint density at radius 3 is 2.43 bits per heavy atom. The van der Waals surface area contributed by atoms with E-state index in [0.29, 0.717) is 11.9 Å². The van der Waals surface area contributed by atoms with Crippen LogP contribution < -0.4 is 4.90 Å². The van der Waals surface area contributed by atoms with Gasteiger partial charge in [-0.05, 0) is 58.8 Å². The molecule has 0 amide bonds. The first kappa shape index (κ1) is 25.1. The second kappa shape index (κ2) is 11.3. The highest BCUT2D eigenvalue weighted by Crippen LogP contribution is 2.35. The number of rotatable bonds is 6. The van der Waals surface area contributed by atoms with Crippen molar-refractivity contribution in [3.63, 3.8) is 0 Å². The number of ether oxygens (including phenoxy) is 1. The predicted octanol–water partition coefficient (Wildman–Crippen LogP) is 4.52. The minimum Gasteiger partial charge on any atom is -0.378 e. The quantitative estimate of drug-likeness (QED) is 0.469. The molecule has 3 aromatic heterocycles. The molecule has 0 unspecified atom stereocenters. The Hall–Kier alpha value is -2.20. The van der Waals surface area contributed by atoms with Crippen LogP contribution in [0.25, 0.3) is 21.6 Å². The summed E-state index contributed by atoms with van der Waals surface area (Å²) in [7, 11) is 2.30. The summed E-state index contributed by atoms with van der Waals surface area (Å²) in [6.45, 7) is 8.52. The Morgan fingerprint density at radius 2 is 1.70 bits per heavy atom. The van der Waals surface area contributed by atoms with Crippen LogP contribution in [0.3, 0.4) is 0 Å². The molecule has 0 atom stereocenters. The van der Waals surface area contributed by atoms with Gasteiger partial charge in [-0.3, -0.25) is 4.90 Å². The molecule has 6 rings (SSSR count). The normalized spacial score (nSPS) is 20.8. The van der Waals surface area contributed by atoms with Crippen molar-refractivity contribution in [1.29, 1.82) is 0 Å². The molecule has 8 nitrogen and oxygen atoms in total. The zero-order chi connectivity index (χ0) is 25.2. The highest BCUT2D eigenvalue weighted by atomic mass is 32.1. The number of aromatic nitrogens is 4. The zero-order valence-electron chi connectivity index (χ0n) is 22.2. The van der Waals surface area contributed by atoms with Gasteiger partial charge in [-0.25, -0.2) is 19.9 Å². The molecule has 198 valence electrons. The maximum absolute atomic E-state index is 5.62. The number of morpholine rings is 1. The van der Waals surface area contributed by atoms with Crippen molar-refractivity contribution in [2.24, 2.45) is 0 Å². The van der Waals surface area contributed by atoms with Gasteiger partial charge in [0, 0.05) is 49.0 Å². The molecule has 9 heteroatoms. The van der Waals surface area contributed by atoms with Crippen LogP contribution in [0, 0.1) is 6.92 Å². The Labute approximate surface area is 224 Å². The van der Waals surface area contributed by atoms with Gasteiger partial charge in [0.1, 0.15) is 5.82 Å². The number of fused-ring (bicyclic) bond motifs is 1. The average molecular weight is 522 g/mol. The molecule has 3 aliphatic rings. The monoisotopic (exact) mass is 521 g/mol. The van der Waals surface area contributed by atoms with E-state index in [4.69, 9.17) is 14.7 Å². The van der Waals surface area contributed by atoms with Gasteiger partial charge in [0.2, 0.25) is 0 Å². The number of thiophene rings is 1. The van der Waals surface area contributed by atoms with Gasteiger partial charge in [0.05, 0.1) is 29.0 Å². The minimum atomic E-state index is 0.648. The Bertz CT molecular complexity index is 1180. The molecule has 1 saturated carbocycles. The highest BCUT2D eigenvalue weighted by Gasteiger charge is 2.28. The second-order valence-electron chi connectivity index (χ2n) is 10.9. The summed E-state index contributed by atoms with van der Waals surface area (Å²) >= 11 is 1.85. The van der Waals surface area contributed by atoms with Crippen LogP contribution in [-0.2, 0) is 11.3 Å². The molecule has 3 aromatic rings. The van der Waals surface area contributed by atoms with Crippen molar-refractivity contribution in [3.8, 4) is 11.4 Å². The maximum Gasteiger partial charge on any atom is 0.165 e. The molecule has 2 aliphatic heterocycles. The van der Waals surface area contributed by atoms with E-state index in [0.717, 1.165) is 61.6 Å². The average Bonchev–Trinajstić information content (AvgIpc) is 3.36. The molecule has 0 N–H and O–H groups in total. The standard InChI is InChI=1S/C28H39N7OS/c1-20-29-17-21(18-30-20)27-31-25-16-24(37-26(25)28(32-27)35-12-14-36-15-13-35)19-33(2)22-8-10-34(11-9-22)23-6-4-3-5-7-23/h16-18,22-23H,3-15,19H2,1-2H3. The van der Waals surface area contributed by atoms with Crippen molar-refractivity contribution < 1.29 is 4.74 Å². The molecule has 37 heavy (non-hydrogen) atoms. The summed E-state index contributed by atoms with van der Waals surface area (Å²) in [6, 6.07) is 3.76. The lowest BCUT2D eigenvalue weighted by molar-refractivity contribution is 0.0789. The molecule has 5 heterocycles. The van der Waals surface area contributed by atoms with Gasteiger partial charge in [0.25, 0.3) is 0 Å². The lowest BCUT2D eigenvalue weighted by Crippen LogP contribution is -2.47. The molecular formula is C28H39N7OS. The fourth-order valence-corrected chi connectivity index (χ4v) is 7.36. The van der Waals surface area contributed by atoms with E-state index >= 15 is 0 Å². The van der Waals surface area contributed by atoms with E-state index in [2.05, 4.69) is 37.8 Å². The van der Waals surface area contributed by atoms with Gasteiger partial charge in [0.15, 0.2) is 11.6 Å². The SMILES string of the molecule is Cc1ncc(-c2nc(N3CCOCC3)c3sc(CN(C)C4CCN(C5CCCCC5)CC4)cc3n2)cn1. The van der Waals surface area contributed by atoms with Crippen LogP contribution in [0.5, 0.6) is 0 Å². The van der Waals surface area contributed by atoms with E-state index in [1.54, 1.807) is 0 Å². The van der Waals surface area contributed by atoms with Crippen LogP contribution in [0.15, 0.2) is 18.5 Å². The highest BCUT2D eigenvalue weighted by molar-refractivity contribution is 7.19. The summed E-state index contributed by atoms with van der Waals surface area (Å²) in [6.07, 6.45) is 13.3. The van der Waals surface area contributed by atoms with Gasteiger partial charge in [-0.15, -0.1) is 11.3 Å². The first-order chi connectivity index (χ1) is 18.1. The predicted molar refractivity (Wildman–Crippen MR) is 149 cm³/mol. The smallest absolute Gasteiger partial charge is 0.165 e. The number of nitrogens with zero attached hydrogens (tertiary/aromatic N) is 7. The van der Waals surface area contributed by atoms with Crippen LogP contribution in [0.2, 0.25) is 0 Å². The number of aryl methyl sites for hydroxylation is 1. The Balaban J connectivity index is 1.20. The van der Waals surface area contributed by atoms with Crippen molar-refractivity contribution in [3.05, 3.63) is 29.2 Å². The molecule has 0 spiro atoms. The summed E-state index contributed by atoms with van der Waals surface area (Å²) in [4.78, 5) is 27.8. The number of hydrogen-bond donors (Lipinski definition) is 0. The number of hydrogen-bond acceptors (Lipinski definition) is 9. The molecule has 0 radical (unpaired) electrons. The van der Waals surface area contributed by atoms with Gasteiger partial charge < -0.3 is 14.5 Å². The molecule has 3 fully saturated rings. The van der Waals surface area contributed by atoms with Gasteiger partial charge in [-0.1, -0.05) is 19.3 Å². The summed E-state index contributed by atoms with van der Waals surface area (Å²) in [5, 5.41) is 0. The Morgan fingerprint density at radius 1 is 0.973 bits per heavy atom.